The molecule has 0 saturated heterocycles. The third-order valence-corrected chi connectivity index (χ3v) is 1.25. The molecule has 0 unspecified atom stereocenters. The van der Waals surface area contributed by atoms with Gasteiger partial charge in [0.25, 0.3) is 5.91 Å². The van der Waals surface area contributed by atoms with E-state index in [-0.39, 0.29) is 6.54 Å². The molecule has 0 aliphatic carbocycles. The Hall–Kier alpha value is -1.33. The number of carbonyl (C=O) groups excluding carboxylic acids is 1. The largest absolute Gasteiger partial charge is 0.351 e. The van der Waals surface area contributed by atoms with Gasteiger partial charge in [-0.15, -0.1) is 6.58 Å². The van der Waals surface area contributed by atoms with E-state index in [2.05, 4.69) is 13.2 Å². The molecule has 0 radical (unpaired) electrons. The Morgan fingerprint density at radius 1 is 1.58 bits per heavy atom. The normalized spacial score (nSPS) is 10.5. The topological polar surface area (TPSA) is 86.8 Å². The molecule has 0 aromatic carbocycles. The highest BCUT2D eigenvalue weighted by Gasteiger charge is 2.30. The van der Waals surface area contributed by atoms with E-state index in [1.54, 1.807) is 0 Å². The van der Waals surface area contributed by atoms with Gasteiger partial charge in [0, 0.05) is 6.54 Å². The molecule has 0 aromatic rings. The van der Waals surface area contributed by atoms with Gasteiger partial charge in [-0.1, -0.05) is 12.7 Å². The van der Waals surface area contributed by atoms with Crippen LogP contribution in [0, 0.1) is 0 Å². The molecule has 4 N–H and O–H groups in total. The molecule has 12 heavy (non-hydrogen) atoms. The summed E-state index contributed by atoms with van der Waals surface area (Å²) >= 11 is 0. The number of urea groups is 1. The first-order chi connectivity index (χ1) is 5.45. The van der Waals surface area contributed by atoms with Crippen molar-refractivity contribution in [3.05, 3.63) is 25.3 Å². The van der Waals surface area contributed by atoms with Gasteiger partial charge in [0.1, 0.15) is 0 Å². The molecule has 0 bridgehead atoms. The molecule has 2 amide bonds. The Kier molecular flexibility index (Phi) is 3.46. The number of aliphatic hydroxyl groups is 2. The average Bonchev–Trinajstić information content (AvgIpc) is 1.99. The van der Waals surface area contributed by atoms with Crippen LogP contribution in [-0.2, 0) is 0 Å². The fourth-order valence-electron chi connectivity index (χ4n) is 0.626. The number of rotatable bonds is 4. The van der Waals surface area contributed by atoms with Crippen molar-refractivity contribution < 1.29 is 15.0 Å². The predicted octanol–water partition coefficient (Wildman–Crippen LogP) is -0.622. The third-order valence-electron chi connectivity index (χ3n) is 1.25. The van der Waals surface area contributed by atoms with E-state index in [0.29, 0.717) is 4.90 Å². The Morgan fingerprint density at radius 2 is 2.08 bits per heavy atom. The molecule has 0 aliphatic heterocycles. The highest BCUT2D eigenvalue weighted by Crippen LogP contribution is 2.08. The van der Waals surface area contributed by atoms with E-state index in [4.69, 9.17) is 15.9 Å². The molecule has 0 aromatic heterocycles. The molecule has 0 rings (SSSR count). The standard InChI is InChI=1S/C7H12N2O3/c1-3-5-9(6(8)10)7(11,12)4-2/h3-4,11-12H,1-2,5H2,(H2,8,10). The summed E-state index contributed by atoms with van der Waals surface area (Å²) in [6, 6.07) is -0.959. The number of hydrogen-bond acceptors (Lipinski definition) is 3. The summed E-state index contributed by atoms with van der Waals surface area (Å²) in [5.74, 6) is -2.42. The summed E-state index contributed by atoms with van der Waals surface area (Å²) in [5.41, 5.74) is 4.86. The molecule has 68 valence electrons. The van der Waals surface area contributed by atoms with Gasteiger partial charge in [0.15, 0.2) is 0 Å². The summed E-state index contributed by atoms with van der Waals surface area (Å²) in [6.45, 7) is 6.40. The highest BCUT2D eigenvalue weighted by molar-refractivity contribution is 5.73. The van der Waals surface area contributed by atoms with Crippen molar-refractivity contribution >= 4 is 6.03 Å². The van der Waals surface area contributed by atoms with Crippen LogP contribution < -0.4 is 5.73 Å². The van der Waals surface area contributed by atoms with Crippen molar-refractivity contribution in [3.8, 4) is 0 Å². The van der Waals surface area contributed by atoms with Gasteiger partial charge in [0.05, 0.1) is 0 Å². The number of carbonyl (C=O) groups is 1. The molecule has 0 aliphatic rings. The van der Waals surface area contributed by atoms with E-state index in [0.717, 1.165) is 6.08 Å². The first kappa shape index (κ1) is 10.7. The van der Waals surface area contributed by atoms with Crippen molar-refractivity contribution in [1.82, 2.24) is 4.90 Å². The fourth-order valence-corrected chi connectivity index (χ4v) is 0.626. The molecule has 0 heterocycles. The number of nitrogens with zero attached hydrogens (tertiary/aromatic N) is 1. The summed E-state index contributed by atoms with van der Waals surface area (Å²) in [5, 5.41) is 18.2. The van der Waals surface area contributed by atoms with Crippen LogP contribution in [0.15, 0.2) is 25.3 Å². The average molecular weight is 172 g/mol. The number of hydrogen-bond donors (Lipinski definition) is 3. The second kappa shape index (κ2) is 3.89. The van der Waals surface area contributed by atoms with Crippen molar-refractivity contribution in [2.24, 2.45) is 5.73 Å². The lowest BCUT2D eigenvalue weighted by molar-refractivity contribution is -0.201. The van der Waals surface area contributed by atoms with Crippen molar-refractivity contribution in [3.63, 3.8) is 0 Å². The van der Waals surface area contributed by atoms with Crippen LogP contribution >= 0.6 is 0 Å². The van der Waals surface area contributed by atoms with Crippen LogP contribution in [0.2, 0.25) is 0 Å². The molecule has 5 nitrogen and oxygen atoms in total. The summed E-state index contributed by atoms with van der Waals surface area (Å²) in [7, 11) is 0. The lowest BCUT2D eigenvalue weighted by Gasteiger charge is -2.29. The maximum Gasteiger partial charge on any atom is 0.319 e. The first-order valence-corrected chi connectivity index (χ1v) is 3.22. The van der Waals surface area contributed by atoms with Crippen molar-refractivity contribution in [1.29, 1.82) is 0 Å². The van der Waals surface area contributed by atoms with Gasteiger partial charge in [-0.2, -0.15) is 0 Å². The highest BCUT2D eigenvalue weighted by atomic mass is 16.5. The Morgan fingerprint density at radius 3 is 2.33 bits per heavy atom. The number of nitrogens with two attached hydrogens (primary N) is 1. The second-order valence-corrected chi connectivity index (χ2v) is 2.13. The Bertz CT molecular complexity index is 201. The maximum atomic E-state index is 10.6. The predicted molar refractivity (Wildman–Crippen MR) is 43.9 cm³/mol. The molecule has 5 heteroatoms. The minimum absolute atomic E-state index is 0.0612. The lowest BCUT2D eigenvalue weighted by atomic mass is 10.4. The van der Waals surface area contributed by atoms with Crippen LogP contribution in [0.4, 0.5) is 4.79 Å². The quantitative estimate of drug-likeness (QED) is 0.390. The minimum atomic E-state index is -2.42. The fraction of sp³-hybridized carbons (Fsp3) is 0.286. The molecular formula is C7H12N2O3. The Balaban J connectivity index is 4.59. The SMILES string of the molecule is C=CCN(C(N)=O)C(O)(O)C=C. The first-order valence-electron chi connectivity index (χ1n) is 3.22. The van der Waals surface area contributed by atoms with Crippen LogP contribution in [0.25, 0.3) is 0 Å². The van der Waals surface area contributed by atoms with Gasteiger partial charge >= 0.3 is 6.03 Å². The van der Waals surface area contributed by atoms with E-state index in [1.165, 1.54) is 6.08 Å². The van der Waals surface area contributed by atoms with E-state index in [9.17, 15) is 4.79 Å². The number of primary amides is 1. The van der Waals surface area contributed by atoms with E-state index >= 15 is 0 Å². The van der Waals surface area contributed by atoms with Crippen molar-refractivity contribution in [2.75, 3.05) is 6.54 Å². The van der Waals surface area contributed by atoms with Crippen LogP contribution in [-0.4, -0.2) is 33.6 Å². The Labute approximate surface area is 70.4 Å². The van der Waals surface area contributed by atoms with Crippen LogP contribution in [0.3, 0.4) is 0 Å². The number of amides is 2. The van der Waals surface area contributed by atoms with Crippen LogP contribution in [0.1, 0.15) is 0 Å². The maximum absolute atomic E-state index is 10.6. The van der Waals surface area contributed by atoms with Gasteiger partial charge in [0.2, 0.25) is 0 Å². The zero-order chi connectivity index (χ0) is 9.78. The molecule has 0 fully saturated rings. The second-order valence-electron chi connectivity index (χ2n) is 2.13. The summed E-state index contributed by atoms with van der Waals surface area (Å²) in [6.07, 6.45) is 2.11. The summed E-state index contributed by atoms with van der Waals surface area (Å²) in [4.78, 5) is 11.2. The van der Waals surface area contributed by atoms with Gasteiger partial charge < -0.3 is 15.9 Å². The van der Waals surface area contributed by atoms with Crippen molar-refractivity contribution in [2.45, 2.75) is 5.91 Å². The van der Waals surface area contributed by atoms with Gasteiger partial charge in [-0.3, -0.25) is 4.90 Å². The minimum Gasteiger partial charge on any atom is -0.351 e. The molecular weight excluding hydrogens is 160 g/mol. The van der Waals surface area contributed by atoms with E-state index in [1.807, 2.05) is 0 Å². The molecule has 0 spiro atoms. The van der Waals surface area contributed by atoms with E-state index < -0.39 is 11.9 Å². The summed E-state index contributed by atoms with van der Waals surface area (Å²) < 4.78 is 0. The lowest BCUT2D eigenvalue weighted by Crippen LogP contribution is -2.52. The zero-order valence-corrected chi connectivity index (χ0v) is 6.60. The monoisotopic (exact) mass is 172 g/mol. The van der Waals surface area contributed by atoms with Gasteiger partial charge in [-0.25, -0.2) is 4.79 Å². The zero-order valence-electron chi connectivity index (χ0n) is 6.60. The van der Waals surface area contributed by atoms with Crippen LogP contribution in [0.5, 0.6) is 0 Å². The smallest absolute Gasteiger partial charge is 0.319 e. The molecule has 0 atom stereocenters. The molecule has 0 saturated carbocycles. The third kappa shape index (κ3) is 2.37. The van der Waals surface area contributed by atoms with Gasteiger partial charge in [-0.05, 0) is 6.08 Å².